The number of methoxy groups -OCH3 is 1. The molecule has 0 unspecified atom stereocenters. The molecule has 0 aliphatic rings. The van der Waals surface area contributed by atoms with Gasteiger partial charge in [-0.25, -0.2) is 5.43 Å². The van der Waals surface area contributed by atoms with Gasteiger partial charge in [-0.1, -0.05) is 28.1 Å². The van der Waals surface area contributed by atoms with Crippen molar-refractivity contribution in [3.05, 3.63) is 62.0 Å². The maximum atomic E-state index is 12.0. The third kappa shape index (κ3) is 4.89. The van der Waals surface area contributed by atoms with Crippen LogP contribution in [0.3, 0.4) is 0 Å². The molecule has 7 heteroatoms. The number of carbonyl (C=O) groups excluding carboxylic acids is 1. The predicted molar refractivity (Wildman–Crippen MR) is 95.7 cm³/mol. The van der Waals surface area contributed by atoms with E-state index in [9.17, 15) is 9.90 Å². The molecule has 5 nitrogen and oxygen atoms in total. The summed E-state index contributed by atoms with van der Waals surface area (Å²) in [5.74, 6) is -0.283. The van der Waals surface area contributed by atoms with E-state index in [0.29, 0.717) is 22.2 Å². The fourth-order valence-corrected chi connectivity index (χ4v) is 3.09. The average Bonchev–Trinajstić information content (AvgIpc) is 2.53. The summed E-state index contributed by atoms with van der Waals surface area (Å²) in [5, 5.41) is 13.8. The van der Waals surface area contributed by atoms with Gasteiger partial charge in [-0.2, -0.15) is 5.10 Å². The lowest BCUT2D eigenvalue weighted by molar-refractivity contribution is 0.0955. The number of hydrazone groups is 1. The molecule has 2 N–H and O–H groups in total. The molecule has 0 aliphatic carbocycles. The monoisotopic (exact) mass is 440 g/mol. The topological polar surface area (TPSA) is 70.9 Å². The Bertz CT molecular complexity index is 731. The number of hydrogen-bond acceptors (Lipinski definition) is 4. The molecule has 1 amide bonds. The number of ether oxygens (including phenoxy) is 1. The number of carbonyl (C=O) groups is 1. The first-order chi connectivity index (χ1) is 11.0. The molecular formula is C16H14Br2N2O3. The molecule has 0 bridgehead atoms. The van der Waals surface area contributed by atoms with Crippen molar-refractivity contribution in [1.29, 1.82) is 0 Å². The van der Waals surface area contributed by atoms with Gasteiger partial charge in [0, 0.05) is 22.7 Å². The Morgan fingerprint density at radius 3 is 2.65 bits per heavy atom. The minimum Gasteiger partial charge on any atom is -0.506 e. The fourth-order valence-electron chi connectivity index (χ4n) is 1.83. The van der Waals surface area contributed by atoms with Gasteiger partial charge in [0.1, 0.15) is 5.75 Å². The lowest BCUT2D eigenvalue weighted by Gasteiger charge is -2.04. The second-order valence-corrected chi connectivity index (χ2v) is 6.42. The van der Waals surface area contributed by atoms with E-state index in [2.05, 4.69) is 42.4 Å². The van der Waals surface area contributed by atoms with Crippen LogP contribution in [-0.4, -0.2) is 24.3 Å². The maximum absolute atomic E-state index is 12.0. The van der Waals surface area contributed by atoms with Gasteiger partial charge in [-0.05, 0) is 45.8 Å². The summed E-state index contributed by atoms with van der Waals surface area (Å²) in [6.45, 7) is 0.497. The molecule has 0 fully saturated rings. The van der Waals surface area contributed by atoms with E-state index in [0.717, 1.165) is 10.0 Å². The largest absolute Gasteiger partial charge is 0.506 e. The molecule has 0 spiro atoms. The van der Waals surface area contributed by atoms with Crippen molar-refractivity contribution in [2.45, 2.75) is 6.61 Å². The third-order valence-corrected chi connectivity index (χ3v) is 4.02. The van der Waals surface area contributed by atoms with E-state index in [4.69, 9.17) is 4.74 Å². The summed E-state index contributed by atoms with van der Waals surface area (Å²) >= 11 is 6.56. The lowest BCUT2D eigenvalue weighted by atomic mass is 10.1. The molecule has 0 aromatic heterocycles. The van der Waals surface area contributed by atoms with Gasteiger partial charge in [0.05, 0.1) is 17.3 Å². The summed E-state index contributed by atoms with van der Waals surface area (Å²) < 4.78 is 6.33. The van der Waals surface area contributed by atoms with Crippen molar-refractivity contribution >= 4 is 44.0 Å². The molecule has 0 heterocycles. The average molecular weight is 442 g/mol. The van der Waals surface area contributed by atoms with Crippen LogP contribution in [0.25, 0.3) is 0 Å². The van der Waals surface area contributed by atoms with Gasteiger partial charge < -0.3 is 9.84 Å². The maximum Gasteiger partial charge on any atom is 0.271 e. The lowest BCUT2D eigenvalue weighted by Crippen LogP contribution is -2.17. The zero-order valence-electron chi connectivity index (χ0n) is 12.2. The highest BCUT2D eigenvalue weighted by Gasteiger charge is 2.07. The number of rotatable bonds is 5. The Morgan fingerprint density at radius 2 is 2.00 bits per heavy atom. The van der Waals surface area contributed by atoms with E-state index in [-0.39, 0.29) is 11.7 Å². The molecule has 0 radical (unpaired) electrons. The number of hydrogen-bond donors (Lipinski definition) is 2. The Labute approximate surface area is 150 Å². The van der Waals surface area contributed by atoms with Gasteiger partial charge in [0.2, 0.25) is 0 Å². The zero-order chi connectivity index (χ0) is 16.8. The highest BCUT2D eigenvalue weighted by molar-refractivity contribution is 9.11. The van der Waals surface area contributed by atoms with Gasteiger partial charge in [0.25, 0.3) is 5.91 Å². The van der Waals surface area contributed by atoms with E-state index in [1.54, 1.807) is 31.4 Å². The molecule has 23 heavy (non-hydrogen) atoms. The van der Waals surface area contributed by atoms with Crippen LogP contribution < -0.4 is 5.43 Å². The Kier molecular flexibility index (Phi) is 6.32. The SMILES string of the molecule is COCc1ccc(C(=O)NN=Cc2cc(Br)cc(Br)c2O)cc1. The smallest absolute Gasteiger partial charge is 0.271 e. The van der Waals surface area contributed by atoms with Crippen LogP contribution in [-0.2, 0) is 11.3 Å². The first-order valence-electron chi connectivity index (χ1n) is 6.60. The summed E-state index contributed by atoms with van der Waals surface area (Å²) in [6.07, 6.45) is 1.38. The van der Waals surface area contributed by atoms with E-state index < -0.39 is 0 Å². The molecule has 120 valence electrons. The zero-order valence-corrected chi connectivity index (χ0v) is 15.4. The highest BCUT2D eigenvalue weighted by atomic mass is 79.9. The van der Waals surface area contributed by atoms with Crippen molar-refractivity contribution in [1.82, 2.24) is 5.43 Å². The molecule has 2 aromatic rings. The van der Waals surface area contributed by atoms with Crippen LogP contribution in [0.15, 0.2) is 50.4 Å². The molecule has 0 atom stereocenters. The number of phenolic OH excluding ortho intramolecular Hbond substituents is 1. The number of amides is 1. The van der Waals surface area contributed by atoms with E-state index in [1.165, 1.54) is 6.21 Å². The Morgan fingerprint density at radius 1 is 1.30 bits per heavy atom. The number of nitrogens with zero attached hydrogens (tertiary/aromatic N) is 1. The number of aromatic hydroxyl groups is 1. The fraction of sp³-hybridized carbons (Fsp3) is 0.125. The minimum absolute atomic E-state index is 0.0510. The van der Waals surface area contributed by atoms with Crippen LogP contribution in [0, 0.1) is 0 Å². The van der Waals surface area contributed by atoms with Crippen molar-refractivity contribution in [3.63, 3.8) is 0 Å². The van der Waals surface area contributed by atoms with Crippen LogP contribution in [0.5, 0.6) is 5.75 Å². The van der Waals surface area contributed by atoms with Gasteiger partial charge >= 0.3 is 0 Å². The second kappa shape index (κ2) is 8.24. The minimum atomic E-state index is -0.334. The summed E-state index contributed by atoms with van der Waals surface area (Å²) in [4.78, 5) is 12.0. The Balaban J connectivity index is 2.04. The number of phenols is 1. The number of nitrogens with one attached hydrogen (secondary N) is 1. The van der Waals surface area contributed by atoms with Crippen LogP contribution >= 0.6 is 31.9 Å². The van der Waals surface area contributed by atoms with Gasteiger partial charge in [-0.15, -0.1) is 0 Å². The molecule has 0 aliphatic heterocycles. The normalized spacial score (nSPS) is 10.9. The molecule has 0 saturated carbocycles. The first-order valence-corrected chi connectivity index (χ1v) is 8.19. The molecule has 2 rings (SSSR count). The first kappa shape index (κ1) is 17.7. The highest BCUT2D eigenvalue weighted by Crippen LogP contribution is 2.30. The van der Waals surface area contributed by atoms with E-state index >= 15 is 0 Å². The van der Waals surface area contributed by atoms with Crippen molar-refractivity contribution in [3.8, 4) is 5.75 Å². The summed E-state index contributed by atoms with van der Waals surface area (Å²) in [6, 6.07) is 10.4. The number of halogens is 2. The van der Waals surface area contributed by atoms with Crippen molar-refractivity contribution in [2.24, 2.45) is 5.10 Å². The quantitative estimate of drug-likeness (QED) is 0.547. The van der Waals surface area contributed by atoms with Gasteiger partial charge in [0.15, 0.2) is 0 Å². The molecule has 2 aromatic carbocycles. The van der Waals surface area contributed by atoms with Crippen molar-refractivity contribution < 1.29 is 14.6 Å². The van der Waals surface area contributed by atoms with Crippen LogP contribution in [0.4, 0.5) is 0 Å². The number of benzene rings is 2. The summed E-state index contributed by atoms with van der Waals surface area (Å²) in [5.41, 5.74) is 4.37. The molecular weight excluding hydrogens is 428 g/mol. The third-order valence-electron chi connectivity index (χ3n) is 2.95. The van der Waals surface area contributed by atoms with Crippen molar-refractivity contribution in [2.75, 3.05) is 7.11 Å². The standard InChI is InChI=1S/C16H14Br2N2O3/c1-23-9-10-2-4-11(5-3-10)16(22)20-19-8-12-6-13(17)7-14(18)15(12)21/h2-8,21H,9H2,1H3,(H,20,22). The summed E-state index contributed by atoms with van der Waals surface area (Å²) in [7, 11) is 1.62. The second-order valence-electron chi connectivity index (χ2n) is 4.65. The van der Waals surface area contributed by atoms with Crippen LogP contribution in [0.1, 0.15) is 21.5 Å². The Hall–Kier alpha value is -1.70. The van der Waals surface area contributed by atoms with E-state index in [1.807, 2.05) is 12.1 Å². The molecule has 0 saturated heterocycles. The predicted octanol–water partition coefficient (Wildman–Crippen LogP) is 3.83. The van der Waals surface area contributed by atoms with Gasteiger partial charge in [-0.3, -0.25) is 4.79 Å². The van der Waals surface area contributed by atoms with Crippen LogP contribution in [0.2, 0.25) is 0 Å².